The second kappa shape index (κ2) is 8.22. The van der Waals surface area contributed by atoms with E-state index in [1.54, 1.807) is 6.07 Å². The molecule has 0 spiro atoms. The highest BCUT2D eigenvalue weighted by atomic mass is 19.1. The van der Waals surface area contributed by atoms with Gasteiger partial charge in [-0.25, -0.2) is 19.2 Å². The van der Waals surface area contributed by atoms with Gasteiger partial charge in [-0.05, 0) is 31.0 Å². The van der Waals surface area contributed by atoms with Crippen molar-refractivity contribution in [3.63, 3.8) is 0 Å². The predicted octanol–water partition coefficient (Wildman–Crippen LogP) is 4.15. The molecule has 3 heterocycles. The van der Waals surface area contributed by atoms with Crippen LogP contribution in [0.3, 0.4) is 0 Å². The third-order valence-electron chi connectivity index (χ3n) is 5.41. The summed E-state index contributed by atoms with van der Waals surface area (Å²) in [7, 11) is 0. The topological polar surface area (TPSA) is 107 Å². The first kappa shape index (κ1) is 20.6. The summed E-state index contributed by atoms with van der Waals surface area (Å²) in [6.07, 6.45) is 3.06. The number of furan rings is 1. The Bertz CT molecular complexity index is 1150. The fourth-order valence-corrected chi connectivity index (χ4v) is 3.62. The fourth-order valence-electron chi connectivity index (χ4n) is 3.62. The molecule has 1 fully saturated rings. The van der Waals surface area contributed by atoms with Crippen molar-refractivity contribution in [1.29, 1.82) is 5.26 Å². The molecule has 0 saturated carbocycles. The molecule has 160 valence electrons. The highest BCUT2D eigenvalue weighted by molar-refractivity contribution is 5.89. The lowest BCUT2D eigenvalue weighted by Crippen LogP contribution is -2.46. The third-order valence-corrected chi connectivity index (χ3v) is 5.41. The zero-order valence-electron chi connectivity index (χ0n) is 17.5. The summed E-state index contributed by atoms with van der Waals surface area (Å²) in [6, 6.07) is 5.76. The van der Waals surface area contributed by atoms with Gasteiger partial charge in [-0.2, -0.15) is 5.26 Å². The van der Waals surface area contributed by atoms with E-state index in [2.05, 4.69) is 26.7 Å². The molecule has 1 aliphatic rings. The van der Waals surface area contributed by atoms with E-state index >= 15 is 0 Å². The van der Waals surface area contributed by atoms with Crippen molar-refractivity contribution in [1.82, 2.24) is 15.3 Å². The van der Waals surface area contributed by atoms with Crippen molar-refractivity contribution in [2.75, 3.05) is 23.3 Å². The van der Waals surface area contributed by atoms with Crippen molar-refractivity contribution >= 4 is 28.6 Å². The van der Waals surface area contributed by atoms with E-state index < -0.39 is 12.1 Å². The number of rotatable bonds is 5. The Morgan fingerprint density at radius 2 is 2.03 bits per heavy atom. The molecule has 0 radical (unpaired) electrons. The number of carbonyl (C=O) groups excluding carboxylic acids is 1. The number of nitrogens with one attached hydrogen (secondary N) is 2. The van der Waals surface area contributed by atoms with Gasteiger partial charge in [0.1, 0.15) is 17.2 Å². The van der Waals surface area contributed by atoms with Gasteiger partial charge < -0.3 is 20.0 Å². The molecule has 0 aliphatic carbocycles. The maximum atomic E-state index is 13.6. The van der Waals surface area contributed by atoms with E-state index in [1.165, 1.54) is 24.5 Å². The van der Waals surface area contributed by atoms with Gasteiger partial charge in [0, 0.05) is 24.0 Å². The van der Waals surface area contributed by atoms with E-state index in [0.717, 1.165) is 5.56 Å². The van der Waals surface area contributed by atoms with Crippen molar-refractivity contribution < 1.29 is 13.6 Å². The van der Waals surface area contributed by atoms with Crippen molar-refractivity contribution in [3.8, 4) is 6.07 Å². The Morgan fingerprint density at radius 3 is 2.68 bits per heavy atom. The van der Waals surface area contributed by atoms with Crippen LogP contribution >= 0.6 is 0 Å². The number of halogens is 1. The number of fused-ring (bicyclic) bond motifs is 1. The average Bonchev–Trinajstić information content (AvgIpc) is 3.02. The van der Waals surface area contributed by atoms with E-state index in [-0.39, 0.29) is 17.7 Å². The lowest BCUT2D eigenvalue weighted by molar-refractivity contribution is 0.241. The molecular formula is C22H23FN6O2. The first-order valence-corrected chi connectivity index (χ1v) is 10.1. The zero-order chi connectivity index (χ0) is 22.1. The zero-order valence-corrected chi connectivity index (χ0v) is 17.5. The maximum Gasteiger partial charge on any atom is 0.319 e. The summed E-state index contributed by atoms with van der Waals surface area (Å²) in [4.78, 5) is 23.0. The molecule has 2 N–H and O–H groups in total. The minimum Gasteiger partial charge on any atom is -0.459 e. The number of nitrogens with zero attached hydrogens (tertiary/aromatic N) is 4. The summed E-state index contributed by atoms with van der Waals surface area (Å²) in [5.74, 6) is 0.843. The van der Waals surface area contributed by atoms with E-state index in [4.69, 9.17) is 9.68 Å². The van der Waals surface area contributed by atoms with Crippen LogP contribution in [0, 0.1) is 35.9 Å². The molecule has 0 unspecified atom stereocenters. The van der Waals surface area contributed by atoms with Gasteiger partial charge >= 0.3 is 6.03 Å². The molecule has 4 rings (SSSR count). The lowest BCUT2D eigenvalue weighted by Gasteiger charge is -2.35. The minimum absolute atomic E-state index is 0.0124. The van der Waals surface area contributed by atoms with Gasteiger partial charge in [0.2, 0.25) is 5.95 Å². The van der Waals surface area contributed by atoms with Gasteiger partial charge in [-0.1, -0.05) is 13.8 Å². The van der Waals surface area contributed by atoms with Crippen LogP contribution in [0.15, 0.2) is 35.0 Å². The highest BCUT2D eigenvalue weighted by Crippen LogP contribution is 2.33. The number of aromatic nitrogens is 2. The number of urea groups is 1. The second-order valence-corrected chi connectivity index (χ2v) is 8.05. The Hall–Kier alpha value is -3.67. The van der Waals surface area contributed by atoms with Crippen LogP contribution < -0.4 is 15.5 Å². The molecule has 9 heteroatoms. The standard InChI is InChI=1S/C22H23FN6O2/c1-12(2)19(20-13(3)17-6-15(23)4-5-18(17)31-20)28-22(30)27-16-8-25-21(26-9-16)29-10-14(7-24)11-29/h4-6,8-9,12,14,19H,10-11H2,1-3H3,(H2,27,28,30)/t19-/m1/s1. The Kier molecular flexibility index (Phi) is 5.46. The maximum absolute atomic E-state index is 13.6. The smallest absolute Gasteiger partial charge is 0.319 e. The molecule has 3 aromatic rings. The monoisotopic (exact) mass is 422 g/mol. The van der Waals surface area contributed by atoms with Crippen LogP contribution in [0.2, 0.25) is 0 Å². The van der Waals surface area contributed by atoms with E-state index in [1.807, 2.05) is 25.7 Å². The first-order valence-electron chi connectivity index (χ1n) is 10.1. The molecule has 1 atom stereocenters. The van der Waals surface area contributed by atoms with Gasteiger partial charge in [0.05, 0.1) is 36.1 Å². The highest BCUT2D eigenvalue weighted by Gasteiger charge is 2.28. The van der Waals surface area contributed by atoms with Crippen molar-refractivity contribution in [2.24, 2.45) is 11.8 Å². The Labute approximate surface area is 179 Å². The molecule has 31 heavy (non-hydrogen) atoms. The van der Waals surface area contributed by atoms with Crippen LogP contribution in [-0.2, 0) is 0 Å². The van der Waals surface area contributed by atoms with Gasteiger partial charge in [-0.15, -0.1) is 0 Å². The summed E-state index contributed by atoms with van der Waals surface area (Å²) < 4.78 is 19.6. The van der Waals surface area contributed by atoms with Crippen LogP contribution in [0.4, 0.5) is 20.8 Å². The van der Waals surface area contributed by atoms with Crippen LogP contribution in [0.1, 0.15) is 31.2 Å². The summed E-state index contributed by atoms with van der Waals surface area (Å²) in [5, 5.41) is 15.2. The minimum atomic E-state index is -0.422. The van der Waals surface area contributed by atoms with Crippen molar-refractivity contribution in [3.05, 3.63) is 47.7 Å². The number of aryl methyl sites for hydroxylation is 1. The van der Waals surface area contributed by atoms with Crippen LogP contribution in [0.25, 0.3) is 11.0 Å². The quantitative estimate of drug-likeness (QED) is 0.640. The van der Waals surface area contributed by atoms with E-state index in [9.17, 15) is 9.18 Å². The number of anilines is 2. The number of carbonyl (C=O) groups is 1. The van der Waals surface area contributed by atoms with Gasteiger partial charge in [0.15, 0.2) is 0 Å². The lowest BCUT2D eigenvalue weighted by atomic mass is 9.98. The average molecular weight is 422 g/mol. The molecule has 1 aromatic carbocycles. The number of hydrogen-bond acceptors (Lipinski definition) is 6. The Balaban J connectivity index is 1.45. The van der Waals surface area contributed by atoms with Crippen molar-refractivity contribution in [2.45, 2.75) is 26.8 Å². The molecule has 1 aliphatic heterocycles. The SMILES string of the molecule is Cc1c([C@H](NC(=O)Nc2cnc(N3CC(C#N)C3)nc2)C(C)C)oc2ccc(F)cc12. The summed E-state index contributed by atoms with van der Waals surface area (Å²) in [6.45, 7) is 7.02. The van der Waals surface area contributed by atoms with E-state index in [0.29, 0.717) is 41.5 Å². The summed E-state index contributed by atoms with van der Waals surface area (Å²) >= 11 is 0. The first-order chi connectivity index (χ1) is 14.9. The molecule has 1 saturated heterocycles. The Morgan fingerprint density at radius 1 is 1.32 bits per heavy atom. The molecule has 0 bridgehead atoms. The third kappa shape index (κ3) is 4.14. The molecule has 2 aromatic heterocycles. The fraction of sp³-hybridized carbons (Fsp3) is 0.364. The van der Waals surface area contributed by atoms with Crippen LogP contribution in [-0.4, -0.2) is 29.1 Å². The molecule has 8 nitrogen and oxygen atoms in total. The molecule has 2 amide bonds. The molecular weight excluding hydrogens is 399 g/mol. The number of hydrogen-bond donors (Lipinski definition) is 2. The summed E-state index contributed by atoms with van der Waals surface area (Å²) in [5.41, 5.74) is 1.83. The number of amides is 2. The predicted molar refractivity (Wildman–Crippen MR) is 114 cm³/mol. The number of benzene rings is 1. The number of nitriles is 1. The van der Waals surface area contributed by atoms with Gasteiger partial charge in [-0.3, -0.25) is 0 Å². The second-order valence-electron chi connectivity index (χ2n) is 8.05. The van der Waals surface area contributed by atoms with Crippen LogP contribution in [0.5, 0.6) is 0 Å². The largest absolute Gasteiger partial charge is 0.459 e. The van der Waals surface area contributed by atoms with Gasteiger partial charge in [0.25, 0.3) is 0 Å². The normalized spacial score (nSPS) is 14.9.